The van der Waals surface area contributed by atoms with Crippen LogP contribution in [-0.4, -0.2) is 53.6 Å². The largest absolute Gasteiger partial charge is 0.378 e. The van der Waals surface area contributed by atoms with Crippen molar-refractivity contribution in [1.29, 1.82) is 0 Å². The number of rotatable bonds is 6. The molecule has 0 saturated carbocycles. The van der Waals surface area contributed by atoms with Crippen molar-refractivity contribution in [2.24, 2.45) is 0 Å². The second-order valence-corrected chi connectivity index (χ2v) is 11.8. The van der Waals surface area contributed by atoms with Crippen molar-refractivity contribution >= 4 is 29.3 Å². The number of nitrogens with one attached hydrogen (secondary N) is 2. The molecule has 2 amide bonds. The highest BCUT2D eigenvalue weighted by molar-refractivity contribution is 8.01. The Labute approximate surface area is 195 Å². The fourth-order valence-corrected chi connectivity index (χ4v) is 5.42. The summed E-state index contributed by atoms with van der Waals surface area (Å²) in [5, 5.41) is 5.56. The van der Waals surface area contributed by atoms with E-state index >= 15 is 0 Å². The van der Waals surface area contributed by atoms with Gasteiger partial charge in [-0.2, -0.15) is 0 Å². The maximum Gasteiger partial charge on any atom is 0.319 e. The van der Waals surface area contributed by atoms with Gasteiger partial charge in [-0.3, -0.25) is 0 Å². The van der Waals surface area contributed by atoms with Gasteiger partial charge in [0.1, 0.15) is 5.82 Å². The van der Waals surface area contributed by atoms with Gasteiger partial charge >= 0.3 is 6.03 Å². The zero-order valence-electron chi connectivity index (χ0n) is 20.0. The number of urea groups is 1. The first-order valence-corrected chi connectivity index (χ1v) is 12.0. The Morgan fingerprint density at radius 2 is 1.75 bits per heavy atom. The monoisotopic (exact) mass is 457 g/mol. The lowest BCUT2D eigenvalue weighted by atomic mass is 10.1. The normalized spacial score (nSPS) is 14.9. The zero-order valence-corrected chi connectivity index (χ0v) is 20.8. The van der Waals surface area contributed by atoms with Gasteiger partial charge in [-0.05, 0) is 45.0 Å². The molecule has 0 unspecified atom stereocenters. The number of thioether (sulfide) groups is 1. The van der Waals surface area contributed by atoms with Gasteiger partial charge in [-0.15, -0.1) is 11.8 Å². The molecular formula is C24H35N5O2S. The number of hydrogen-bond acceptors (Lipinski definition) is 6. The van der Waals surface area contributed by atoms with Gasteiger partial charge in [0, 0.05) is 41.7 Å². The predicted octanol–water partition coefficient (Wildman–Crippen LogP) is 4.89. The van der Waals surface area contributed by atoms with Crippen molar-refractivity contribution in [3.05, 3.63) is 36.0 Å². The van der Waals surface area contributed by atoms with Gasteiger partial charge in [0.25, 0.3) is 0 Å². The number of carbonyl (C=O) groups excluding carboxylic acids is 1. The van der Waals surface area contributed by atoms with Crippen LogP contribution in [0.15, 0.2) is 30.3 Å². The van der Waals surface area contributed by atoms with Crippen LogP contribution in [0.5, 0.6) is 0 Å². The number of aromatic nitrogens is 2. The molecular weight excluding hydrogens is 422 g/mol. The molecule has 1 aromatic heterocycles. The molecule has 2 heterocycles. The van der Waals surface area contributed by atoms with Crippen molar-refractivity contribution in [2.45, 2.75) is 51.0 Å². The molecule has 1 aromatic carbocycles. The number of amides is 2. The van der Waals surface area contributed by atoms with Gasteiger partial charge in [0.05, 0.1) is 23.7 Å². The minimum atomic E-state index is -0.214. The molecule has 0 spiro atoms. The molecule has 1 aliphatic heterocycles. The van der Waals surface area contributed by atoms with E-state index in [1.54, 1.807) is 0 Å². The Balaban J connectivity index is 1.96. The third-order valence-electron chi connectivity index (χ3n) is 4.96. The third kappa shape index (κ3) is 6.59. The van der Waals surface area contributed by atoms with E-state index in [9.17, 15) is 4.79 Å². The summed E-state index contributed by atoms with van der Waals surface area (Å²) in [5.74, 6) is 1.62. The molecule has 0 atom stereocenters. The lowest BCUT2D eigenvalue weighted by molar-refractivity contribution is 0.122. The number of ether oxygens (including phenoxy) is 1. The molecule has 2 N–H and O–H groups in total. The maximum atomic E-state index is 11.8. The molecule has 1 fully saturated rings. The first-order chi connectivity index (χ1) is 15.1. The van der Waals surface area contributed by atoms with Crippen LogP contribution in [0.3, 0.4) is 0 Å². The van der Waals surface area contributed by atoms with Crippen LogP contribution in [0.1, 0.15) is 47.2 Å². The van der Waals surface area contributed by atoms with Crippen LogP contribution < -0.4 is 15.5 Å². The number of morpholine rings is 1. The fraction of sp³-hybridized carbons (Fsp3) is 0.542. The summed E-state index contributed by atoms with van der Waals surface area (Å²) >= 11 is 1.90. The topological polar surface area (TPSA) is 79.4 Å². The molecule has 7 nitrogen and oxygen atoms in total. The van der Waals surface area contributed by atoms with E-state index in [1.807, 2.05) is 43.0 Å². The molecule has 8 heteroatoms. The van der Waals surface area contributed by atoms with E-state index in [0.717, 1.165) is 35.9 Å². The fourth-order valence-electron chi connectivity index (χ4n) is 3.68. The van der Waals surface area contributed by atoms with Crippen LogP contribution in [-0.2, 0) is 9.48 Å². The summed E-state index contributed by atoms with van der Waals surface area (Å²) in [6.45, 7) is 16.6. The minimum absolute atomic E-state index is 0.0973. The van der Waals surface area contributed by atoms with Crippen LogP contribution >= 0.6 is 11.8 Å². The second-order valence-electron chi connectivity index (χ2n) is 9.32. The molecule has 0 bridgehead atoms. The van der Waals surface area contributed by atoms with E-state index in [0.29, 0.717) is 25.6 Å². The van der Waals surface area contributed by atoms with Crippen LogP contribution in [0.4, 0.5) is 16.3 Å². The van der Waals surface area contributed by atoms with Gasteiger partial charge in [0.2, 0.25) is 0 Å². The van der Waals surface area contributed by atoms with Gasteiger partial charge in [-0.25, -0.2) is 14.8 Å². The number of nitrogens with zero attached hydrogens (tertiary/aromatic N) is 3. The van der Waals surface area contributed by atoms with E-state index in [1.165, 1.54) is 0 Å². The molecule has 32 heavy (non-hydrogen) atoms. The highest BCUT2D eigenvalue weighted by atomic mass is 32.2. The number of carbonyl (C=O) groups is 1. The molecule has 1 aliphatic rings. The number of hydrogen-bond donors (Lipinski definition) is 2. The van der Waals surface area contributed by atoms with Crippen molar-refractivity contribution < 1.29 is 9.53 Å². The smallest absolute Gasteiger partial charge is 0.319 e. The van der Waals surface area contributed by atoms with E-state index in [2.05, 4.69) is 56.2 Å². The molecule has 2 aromatic rings. The predicted molar refractivity (Wildman–Crippen MR) is 134 cm³/mol. The first-order valence-electron chi connectivity index (χ1n) is 11.1. The summed E-state index contributed by atoms with van der Waals surface area (Å²) < 4.78 is 5.45. The number of benzene rings is 1. The Morgan fingerprint density at radius 3 is 2.34 bits per heavy atom. The third-order valence-corrected chi connectivity index (χ3v) is 6.30. The van der Waals surface area contributed by atoms with Gasteiger partial charge in [-0.1, -0.05) is 20.8 Å². The maximum absolute atomic E-state index is 11.8. The van der Waals surface area contributed by atoms with E-state index < -0.39 is 0 Å². The molecule has 1 saturated heterocycles. The Morgan fingerprint density at radius 1 is 1.09 bits per heavy atom. The summed E-state index contributed by atoms with van der Waals surface area (Å²) in [7, 11) is 0. The quantitative estimate of drug-likeness (QED) is 0.643. The molecule has 3 rings (SSSR count). The van der Waals surface area contributed by atoms with Crippen LogP contribution in [0.25, 0.3) is 11.4 Å². The summed E-state index contributed by atoms with van der Waals surface area (Å²) in [4.78, 5) is 23.9. The lowest BCUT2D eigenvalue weighted by Gasteiger charge is -2.33. The molecule has 174 valence electrons. The Kier molecular flexibility index (Phi) is 7.67. The summed E-state index contributed by atoms with van der Waals surface area (Å²) in [6, 6.07) is 9.57. The Bertz CT molecular complexity index is 919. The summed E-state index contributed by atoms with van der Waals surface area (Å²) in [5.41, 5.74) is 2.65. The molecule has 0 aliphatic carbocycles. The Hall–Kier alpha value is -2.32. The number of anilines is 2. The van der Waals surface area contributed by atoms with Crippen molar-refractivity contribution in [1.82, 2.24) is 15.3 Å². The highest BCUT2D eigenvalue weighted by Gasteiger charge is 2.31. The highest BCUT2D eigenvalue weighted by Crippen LogP contribution is 2.43. The average Bonchev–Trinajstić information content (AvgIpc) is 2.73. The lowest BCUT2D eigenvalue weighted by Crippen LogP contribution is -2.37. The van der Waals surface area contributed by atoms with Crippen molar-refractivity contribution in [3.8, 4) is 11.4 Å². The van der Waals surface area contributed by atoms with Gasteiger partial charge < -0.3 is 20.3 Å². The molecule has 0 radical (unpaired) electrons. The van der Waals surface area contributed by atoms with Crippen LogP contribution in [0.2, 0.25) is 0 Å². The minimum Gasteiger partial charge on any atom is -0.378 e. The SMILES string of the molecule is CCNC(=O)Nc1ccc(-c2nc(N3CCOCC3)cc(C(C)(C)SC(C)(C)C)n2)cc1. The van der Waals surface area contributed by atoms with E-state index in [-0.39, 0.29) is 15.5 Å². The van der Waals surface area contributed by atoms with E-state index in [4.69, 9.17) is 14.7 Å². The van der Waals surface area contributed by atoms with Crippen molar-refractivity contribution in [3.63, 3.8) is 0 Å². The summed E-state index contributed by atoms with van der Waals surface area (Å²) in [6.07, 6.45) is 0. The standard InChI is InChI=1S/C24H35N5O2S/c1-7-25-22(30)26-18-10-8-17(9-11-18)21-27-19(24(5,6)32-23(2,3)4)16-20(28-21)29-12-14-31-15-13-29/h8-11,16H,7,12-15H2,1-6H3,(H2,25,26,30). The first kappa shape index (κ1) is 24.3. The second kappa shape index (κ2) is 10.1. The average molecular weight is 458 g/mol. The van der Waals surface area contributed by atoms with Crippen molar-refractivity contribution in [2.75, 3.05) is 43.1 Å². The zero-order chi connectivity index (χ0) is 23.4. The van der Waals surface area contributed by atoms with Gasteiger partial charge in [0.15, 0.2) is 5.82 Å². The van der Waals surface area contributed by atoms with Crippen LogP contribution in [0, 0.1) is 0 Å².